The average molecular weight is 369 g/mol. The Bertz CT molecular complexity index is 886. The summed E-state index contributed by atoms with van der Waals surface area (Å²) in [6, 6.07) is 8.34. The monoisotopic (exact) mass is 368 g/mol. The number of carbonyl (C=O) groups is 1. The first-order chi connectivity index (χ1) is 12.7. The van der Waals surface area contributed by atoms with E-state index >= 15 is 0 Å². The summed E-state index contributed by atoms with van der Waals surface area (Å²) >= 11 is 1.80. The van der Waals surface area contributed by atoms with Gasteiger partial charge in [-0.2, -0.15) is 0 Å². The lowest BCUT2D eigenvalue weighted by molar-refractivity contribution is -0.130. The third kappa shape index (κ3) is 3.66. The van der Waals surface area contributed by atoms with E-state index in [1.54, 1.807) is 11.3 Å². The molecule has 1 fully saturated rings. The quantitative estimate of drug-likeness (QED) is 0.711. The van der Waals surface area contributed by atoms with E-state index in [2.05, 4.69) is 27.4 Å². The number of imidazole rings is 1. The second-order valence-corrected chi connectivity index (χ2v) is 7.93. The second kappa shape index (κ2) is 7.60. The minimum atomic E-state index is 0.200. The highest BCUT2D eigenvalue weighted by Gasteiger charge is 2.20. The molecule has 1 amide bonds. The molecule has 0 radical (unpaired) electrons. The predicted octanol–water partition coefficient (Wildman–Crippen LogP) is 2.98. The SMILES string of the molecule is Cc1cccn2c(CC(=O)N3CCCN(Cc4cccs4)CC3)cnc12. The molecule has 26 heavy (non-hydrogen) atoms. The average Bonchev–Trinajstić information content (AvgIpc) is 3.22. The molecule has 0 N–H and O–H groups in total. The van der Waals surface area contributed by atoms with Gasteiger partial charge in [0.15, 0.2) is 0 Å². The number of pyridine rings is 1. The summed E-state index contributed by atoms with van der Waals surface area (Å²) in [5.41, 5.74) is 3.03. The molecular weight excluding hydrogens is 344 g/mol. The molecule has 0 aromatic carbocycles. The molecule has 1 aliphatic heterocycles. The van der Waals surface area contributed by atoms with Gasteiger partial charge in [-0.3, -0.25) is 9.69 Å². The van der Waals surface area contributed by atoms with Crippen LogP contribution in [-0.2, 0) is 17.8 Å². The zero-order chi connectivity index (χ0) is 17.9. The fraction of sp³-hybridized carbons (Fsp3) is 0.400. The van der Waals surface area contributed by atoms with Crippen molar-refractivity contribution >= 4 is 22.9 Å². The molecule has 3 aromatic heterocycles. The Morgan fingerprint density at radius 2 is 2.12 bits per heavy atom. The number of fused-ring (bicyclic) bond motifs is 1. The lowest BCUT2D eigenvalue weighted by Gasteiger charge is -2.21. The molecule has 0 saturated carbocycles. The number of hydrogen-bond donors (Lipinski definition) is 0. The van der Waals surface area contributed by atoms with E-state index in [0.29, 0.717) is 6.42 Å². The van der Waals surface area contributed by atoms with E-state index < -0.39 is 0 Å². The van der Waals surface area contributed by atoms with Crippen LogP contribution in [0.3, 0.4) is 0 Å². The molecule has 4 rings (SSSR count). The summed E-state index contributed by atoms with van der Waals surface area (Å²) in [6.45, 7) is 6.68. The van der Waals surface area contributed by atoms with Crippen molar-refractivity contribution in [2.75, 3.05) is 26.2 Å². The molecule has 0 atom stereocenters. The van der Waals surface area contributed by atoms with Gasteiger partial charge < -0.3 is 9.30 Å². The first-order valence-electron chi connectivity index (χ1n) is 9.15. The first-order valence-corrected chi connectivity index (χ1v) is 10.0. The summed E-state index contributed by atoms with van der Waals surface area (Å²) < 4.78 is 2.04. The van der Waals surface area contributed by atoms with Crippen molar-refractivity contribution in [3.63, 3.8) is 0 Å². The number of rotatable bonds is 4. The zero-order valence-electron chi connectivity index (χ0n) is 15.1. The van der Waals surface area contributed by atoms with Gasteiger partial charge >= 0.3 is 0 Å². The number of amides is 1. The number of carbonyl (C=O) groups excluding carboxylic acids is 1. The summed E-state index contributed by atoms with van der Waals surface area (Å²) in [7, 11) is 0. The van der Waals surface area contributed by atoms with Gasteiger partial charge in [-0.1, -0.05) is 12.1 Å². The lowest BCUT2D eigenvalue weighted by atomic mass is 10.2. The lowest BCUT2D eigenvalue weighted by Crippen LogP contribution is -2.36. The van der Waals surface area contributed by atoms with Crippen LogP contribution in [0.15, 0.2) is 42.0 Å². The van der Waals surface area contributed by atoms with E-state index in [0.717, 1.165) is 56.0 Å². The number of thiophene rings is 1. The minimum Gasteiger partial charge on any atom is -0.341 e. The topological polar surface area (TPSA) is 40.9 Å². The van der Waals surface area contributed by atoms with Gasteiger partial charge in [0, 0.05) is 50.0 Å². The standard InChI is InChI=1S/C20H24N4OS/c1-16-5-2-9-24-17(14-21-20(16)24)13-19(25)23-8-4-7-22(10-11-23)15-18-6-3-12-26-18/h2-3,5-6,9,12,14H,4,7-8,10-11,13,15H2,1H3. The summed E-state index contributed by atoms with van der Waals surface area (Å²) in [4.78, 5) is 23.2. The fourth-order valence-electron chi connectivity index (χ4n) is 3.60. The highest BCUT2D eigenvalue weighted by atomic mass is 32.1. The van der Waals surface area contributed by atoms with Crippen LogP contribution < -0.4 is 0 Å². The van der Waals surface area contributed by atoms with Gasteiger partial charge in [-0.25, -0.2) is 4.98 Å². The molecule has 1 saturated heterocycles. The molecule has 1 aliphatic rings. The van der Waals surface area contributed by atoms with Gasteiger partial charge in [0.05, 0.1) is 12.1 Å². The molecule has 6 heteroatoms. The highest BCUT2D eigenvalue weighted by Crippen LogP contribution is 2.15. The van der Waals surface area contributed by atoms with Crippen molar-refractivity contribution in [2.24, 2.45) is 0 Å². The van der Waals surface area contributed by atoms with Crippen molar-refractivity contribution in [1.82, 2.24) is 19.2 Å². The number of hydrogen-bond acceptors (Lipinski definition) is 4. The molecule has 0 aliphatic carbocycles. The van der Waals surface area contributed by atoms with E-state index in [1.165, 1.54) is 4.88 Å². The van der Waals surface area contributed by atoms with Crippen molar-refractivity contribution in [3.8, 4) is 0 Å². The highest BCUT2D eigenvalue weighted by molar-refractivity contribution is 7.09. The van der Waals surface area contributed by atoms with Gasteiger partial charge in [-0.15, -0.1) is 11.3 Å². The summed E-state index contributed by atoms with van der Waals surface area (Å²) in [6.07, 6.45) is 5.27. The molecular formula is C20H24N4OS. The van der Waals surface area contributed by atoms with E-state index in [9.17, 15) is 4.79 Å². The first kappa shape index (κ1) is 17.2. The Morgan fingerprint density at radius 1 is 1.19 bits per heavy atom. The Kier molecular flexibility index (Phi) is 5.04. The van der Waals surface area contributed by atoms with Crippen molar-refractivity contribution in [1.29, 1.82) is 0 Å². The maximum Gasteiger partial charge on any atom is 0.228 e. The summed E-state index contributed by atoms with van der Waals surface area (Å²) in [5, 5.41) is 2.13. The Labute approximate surface area is 157 Å². The Morgan fingerprint density at radius 3 is 2.96 bits per heavy atom. The van der Waals surface area contributed by atoms with Crippen LogP contribution in [0, 0.1) is 6.92 Å². The smallest absolute Gasteiger partial charge is 0.228 e. The molecule has 3 aromatic rings. The van der Waals surface area contributed by atoms with Crippen LogP contribution in [0.5, 0.6) is 0 Å². The largest absolute Gasteiger partial charge is 0.341 e. The van der Waals surface area contributed by atoms with Gasteiger partial charge in [-0.05, 0) is 36.4 Å². The molecule has 5 nitrogen and oxygen atoms in total. The third-order valence-corrected chi connectivity index (χ3v) is 5.90. The Hall–Kier alpha value is -2.18. The van der Waals surface area contributed by atoms with Crippen LogP contribution in [0.25, 0.3) is 5.65 Å². The van der Waals surface area contributed by atoms with Crippen LogP contribution in [0.1, 0.15) is 22.6 Å². The number of aromatic nitrogens is 2. The van der Waals surface area contributed by atoms with Gasteiger partial charge in [0.25, 0.3) is 0 Å². The third-order valence-electron chi connectivity index (χ3n) is 5.04. The molecule has 136 valence electrons. The zero-order valence-corrected chi connectivity index (χ0v) is 15.9. The maximum absolute atomic E-state index is 12.8. The molecule has 0 spiro atoms. The molecule has 0 bridgehead atoms. The number of nitrogens with zero attached hydrogens (tertiary/aromatic N) is 4. The van der Waals surface area contributed by atoms with E-state index in [-0.39, 0.29) is 5.91 Å². The molecule has 4 heterocycles. The second-order valence-electron chi connectivity index (χ2n) is 6.90. The van der Waals surface area contributed by atoms with Crippen LogP contribution in [0.4, 0.5) is 0 Å². The van der Waals surface area contributed by atoms with E-state index in [1.807, 2.05) is 40.8 Å². The normalized spacial score (nSPS) is 16.1. The van der Waals surface area contributed by atoms with Crippen molar-refractivity contribution < 1.29 is 4.79 Å². The minimum absolute atomic E-state index is 0.200. The van der Waals surface area contributed by atoms with E-state index in [4.69, 9.17) is 0 Å². The van der Waals surface area contributed by atoms with Crippen LogP contribution >= 0.6 is 11.3 Å². The predicted molar refractivity (Wildman–Crippen MR) is 104 cm³/mol. The van der Waals surface area contributed by atoms with Gasteiger partial charge in [0.2, 0.25) is 5.91 Å². The maximum atomic E-state index is 12.8. The summed E-state index contributed by atoms with van der Waals surface area (Å²) in [5.74, 6) is 0.200. The van der Waals surface area contributed by atoms with Crippen LogP contribution in [-0.4, -0.2) is 51.3 Å². The number of aryl methyl sites for hydroxylation is 1. The van der Waals surface area contributed by atoms with Crippen molar-refractivity contribution in [2.45, 2.75) is 26.3 Å². The molecule has 0 unspecified atom stereocenters. The Balaban J connectivity index is 1.39. The van der Waals surface area contributed by atoms with Crippen LogP contribution in [0.2, 0.25) is 0 Å². The van der Waals surface area contributed by atoms with Crippen molar-refractivity contribution in [3.05, 3.63) is 58.2 Å². The van der Waals surface area contributed by atoms with Gasteiger partial charge in [0.1, 0.15) is 5.65 Å². The fourth-order valence-corrected chi connectivity index (χ4v) is 4.35.